The molecule has 0 aromatic rings. The van der Waals surface area contributed by atoms with Crippen molar-refractivity contribution in [3.05, 3.63) is 0 Å². The van der Waals surface area contributed by atoms with Crippen molar-refractivity contribution in [2.24, 2.45) is 0 Å². The summed E-state index contributed by atoms with van der Waals surface area (Å²) in [5, 5.41) is 10.9. The number of halogens is 5. The Kier molecular flexibility index (Phi) is 2.28. The topological polar surface area (TPSA) is 32.3 Å². The summed E-state index contributed by atoms with van der Waals surface area (Å²) in [6, 6.07) is 0. The van der Waals surface area contributed by atoms with Gasteiger partial charge in [0.1, 0.15) is 0 Å². The van der Waals surface area contributed by atoms with Gasteiger partial charge in [-0.25, -0.2) is 8.78 Å². The molecule has 2 N–H and O–H groups in total. The van der Waals surface area contributed by atoms with Crippen molar-refractivity contribution < 1.29 is 27.1 Å². The number of piperidine rings is 1. The summed E-state index contributed by atoms with van der Waals surface area (Å²) >= 11 is 0. The Morgan fingerprint density at radius 3 is 2.08 bits per heavy atom. The highest BCUT2D eigenvalue weighted by Gasteiger charge is 2.69. The van der Waals surface area contributed by atoms with Gasteiger partial charge in [-0.15, -0.1) is 0 Å². The third-order valence-corrected chi connectivity index (χ3v) is 2.08. The number of hydrogen-bond acceptors (Lipinski definition) is 2. The highest BCUT2D eigenvalue weighted by Crippen LogP contribution is 2.45. The van der Waals surface area contributed by atoms with E-state index < -0.39 is 30.7 Å². The molecule has 0 radical (unpaired) electrons. The lowest BCUT2D eigenvalue weighted by atomic mass is 9.88. The second kappa shape index (κ2) is 2.78. The van der Waals surface area contributed by atoms with Crippen molar-refractivity contribution >= 4 is 0 Å². The molecule has 0 aromatic carbocycles. The predicted octanol–water partition coefficient (Wildman–Crippen LogP) is 0.908. The summed E-state index contributed by atoms with van der Waals surface area (Å²) < 4.78 is 61.6. The third kappa shape index (κ3) is 1.50. The number of alkyl halides is 5. The third-order valence-electron chi connectivity index (χ3n) is 2.08. The molecule has 0 bridgehead atoms. The van der Waals surface area contributed by atoms with Gasteiger partial charge in [0.2, 0.25) is 5.60 Å². The van der Waals surface area contributed by atoms with Crippen molar-refractivity contribution in [3.8, 4) is 0 Å². The van der Waals surface area contributed by atoms with Gasteiger partial charge in [0.25, 0.3) is 5.92 Å². The van der Waals surface area contributed by atoms with Crippen LogP contribution in [0.2, 0.25) is 0 Å². The van der Waals surface area contributed by atoms with E-state index in [1.807, 2.05) is 0 Å². The SMILES string of the molecule is OC1(C(F)(F)F)CCNCC1(F)F. The maximum atomic E-state index is 12.7. The summed E-state index contributed by atoms with van der Waals surface area (Å²) in [6.07, 6.45) is -6.32. The van der Waals surface area contributed by atoms with Crippen LogP contribution < -0.4 is 5.32 Å². The van der Waals surface area contributed by atoms with Crippen molar-refractivity contribution in [1.82, 2.24) is 5.32 Å². The van der Waals surface area contributed by atoms with E-state index in [4.69, 9.17) is 5.11 Å². The molecular weight excluding hydrogens is 197 g/mol. The van der Waals surface area contributed by atoms with E-state index in [0.717, 1.165) is 0 Å². The molecule has 13 heavy (non-hydrogen) atoms. The molecule has 0 saturated carbocycles. The van der Waals surface area contributed by atoms with Crippen LogP contribution in [0.5, 0.6) is 0 Å². The van der Waals surface area contributed by atoms with Gasteiger partial charge in [-0.1, -0.05) is 0 Å². The molecule has 0 amide bonds. The lowest BCUT2D eigenvalue weighted by Crippen LogP contribution is -2.66. The van der Waals surface area contributed by atoms with Crippen LogP contribution in [-0.2, 0) is 0 Å². The molecule has 0 aromatic heterocycles. The molecule has 78 valence electrons. The minimum atomic E-state index is -5.29. The van der Waals surface area contributed by atoms with Crippen molar-refractivity contribution in [1.29, 1.82) is 0 Å². The van der Waals surface area contributed by atoms with Gasteiger partial charge in [0, 0.05) is 6.42 Å². The number of aliphatic hydroxyl groups is 1. The Labute approximate surface area is 70.7 Å². The Hall–Kier alpha value is -0.430. The van der Waals surface area contributed by atoms with Gasteiger partial charge in [-0.2, -0.15) is 13.2 Å². The van der Waals surface area contributed by atoms with E-state index in [1.165, 1.54) is 0 Å². The Balaban J connectivity index is 2.98. The molecule has 1 rings (SSSR count). The number of nitrogens with one attached hydrogen (secondary N) is 1. The zero-order valence-corrected chi connectivity index (χ0v) is 6.46. The molecule has 1 aliphatic heterocycles. The van der Waals surface area contributed by atoms with Crippen molar-refractivity contribution in [3.63, 3.8) is 0 Å². The van der Waals surface area contributed by atoms with E-state index >= 15 is 0 Å². The Morgan fingerprint density at radius 2 is 1.77 bits per heavy atom. The fraction of sp³-hybridized carbons (Fsp3) is 1.00. The monoisotopic (exact) mass is 205 g/mol. The Morgan fingerprint density at radius 1 is 1.23 bits per heavy atom. The summed E-state index contributed by atoms with van der Waals surface area (Å²) in [4.78, 5) is 0. The van der Waals surface area contributed by atoms with Crippen LogP contribution in [0.3, 0.4) is 0 Å². The second-order valence-electron chi connectivity index (χ2n) is 2.99. The van der Waals surface area contributed by atoms with Gasteiger partial charge in [0.05, 0.1) is 6.54 Å². The van der Waals surface area contributed by atoms with Crippen molar-refractivity contribution in [2.75, 3.05) is 13.1 Å². The molecule has 1 unspecified atom stereocenters. The Bertz CT molecular complexity index is 204. The van der Waals surface area contributed by atoms with Crippen LogP contribution in [0, 0.1) is 0 Å². The first-order chi connectivity index (χ1) is 5.71. The molecule has 0 spiro atoms. The van der Waals surface area contributed by atoms with Crippen molar-refractivity contribution in [2.45, 2.75) is 24.1 Å². The molecule has 7 heteroatoms. The quantitative estimate of drug-likeness (QED) is 0.576. The lowest BCUT2D eigenvalue weighted by molar-refractivity contribution is -0.337. The van der Waals surface area contributed by atoms with E-state index in [0.29, 0.717) is 0 Å². The van der Waals surface area contributed by atoms with Crippen LogP contribution >= 0.6 is 0 Å². The van der Waals surface area contributed by atoms with Crippen LogP contribution in [0.25, 0.3) is 0 Å². The molecule has 2 nitrogen and oxygen atoms in total. The van der Waals surface area contributed by atoms with Crippen LogP contribution in [-0.4, -0.2) is 35.9 Å². The molecule has 1 fully saturated rings. The zero-order valence-electron chi connectivity index (χ0n) is 6.46. The van der Waals surface area contributed by atoms with Crippen LogP contribution in [0.1, 0.15) is 6.42 Å². The molecule has 1 atom stereocenters. The minimum absolute atomic E-state index is 0.272. The predicted molar refractivity (Wildman–Crippen MR) is 33.4 cm³/mol. The summed E-state index contributed by atoms with van der Waals surface area (Å²) in [5.41, 5.74) is -3.88. The summed E-state index contributed by atoms with van der Waals surface area (Å²) in [5.74, 6) is -4.16. The highest BCUT2D eigenvalue weighted by atomic mass is 19.4. The van der Waals surface area contributed by atoms with E-state index in [2.05, 4.69) is 5.32 Å². The average molecular weight is 205 g/mol. The summed E-state index contributed by atoms with van der Waals surface area (Å²) in [6.45, 7) is -1.42. The zero-order chi connectivity index (χ0) is 10.3. The van der Waals surface area contributed by atoms with Gasteiger partial charge in [0.15, 0.2) is 0 Å². The molecular formula is C6H8F5NO. The van der Waals surface area contributed by atoms with E-state index in [9.17, 15) is 22.0 Å². The smallest absolute Gasteiger partial charge is 0.376 e. The van der Waals surface area contributed by atoms with Crippen LogP contribution in [0.15, 0.2) is 0 Å². The maximum Gasteiger partial charge on any atom is 0.423 e. The van der Waals surface area contributed by atoms with E-state index in [1.54, 1.807) is 0 Å². The lowest BCUT2D eigenvalue weighted by Gasteiger charge is -2.40. The van der Waals surface area contributed by atoms with Crippen LogP contribution in [0.4, 0.5) is 22.0 Å². The van der Waals surface area contributed by atoms with Gasteiger partial charge in [-0.3, -0.25) is 0 Å². The van der Waals surface area contributed by atoms with Gasteiger partial charge < -0.3 is 10.4 Å². The minimum Gasteiger partial charge on any atom is -0.376 e. The number of hydrogen-bond donors (Lipinski definition) is 2. The summed E-state index contributed by atoms with van der Waals surface area (Å²) in [7, 11) is 0. The molecule has 0 aliphatic carbocycles. The van der Waals surface area contributed by atoms with E-state index in [-0.39, 0.29) is 6.54 Å². The van der Waals surface area contributed by atoms with Gasteiger partial charge >= 0.3 is 6.18 Å². The average Bonchev–Trinajstić information content (AvgIpc) is 1.93. The fourth-order valence-electron chi connectivity index (χ4n) is 1.19. The first-order valence-corrected chi connectivity index (χ1v) is 3.58. The standard InChI is InChI=1S/C6H8F5NO/c7-5(8)3-12-2-1-4(5,13)6(9,10)11/h12-13H,1-3H2. The first kappa shape index (κ1) is 10.6. The number of rotatable bonds is 0. The molecule has 1 aliphatic rings. The second-order valence-corrected chi connectivity index (χ2v) is 2.99. The highest BCUT2D eigenvalue weighted by molar-refractivity contribution is 5.03. The largest absolute Gasteiger partial charge is 0.423 e. The fourth-order valence-corrected chi connectivity index (χ4v) is 1.19. The van der Waals surface area contributed by atoms with Gasteiger partial charge in [-0.05, 0) is 6.54 Å². The first-order valence-electron chi connectivity index (χ1n) is 3.58. The molecule has 1 saturated heterocycles. The normalized spacial score (nSPS) is 34.6. The molecule has 1 heterocycles. The maximum absolute atomic E-state index is 12.7.